The lowest BCUT2D eigenvalue weighted by Gasteiger charge is -2.26. The summed E-state index contributed by atoms with van der Waals surface area (Å²) < 4.78 is 13.0. The predicted octanol–water partition coefficient (Wildman–Crippen LogP) is 13.2. The Morgan fingerprint density at radius 1 is 0.306 bits per heavy atom. The second kappa shape index (κ2) is 12.2. The van der Waals surface area contributed by atoms with E-state index >= 15 is 0 Å². The summed E-state index contributed by atoms with van der Waals surface area (Å²) in [5.41, 5.74) is 10.1. The maximum absolute atomic E-state index is 6.58. The van der Waals surface area contributed by atoms with E-state index < -0.39 is 0 Å². The van der Waals surface area contributed by atoms with Crippen LogP contribution in [0, 0.1) is 0 Å². The quantitative estimate of drug-likeness (QED) is 0.183. The third-order valence-corrected chi connectivity index (χ3v) is 9.14. The molecule has 3 nitrogen and oxygen atoms in total. The Hall–Kier alpha value is -6.58. The van der Waals surface area contributed by atoms with Crippen LogP contribution in [0.5, 0.6) is 23.0 Å². The molecular weight excluding hydrogens is 599 g/mol. The molecule has 0 unspecified atom stereocenters. The summed E-state index contributed by atoms with van der Waals surface area (Å²) >= 11 is 0. The van der Waals surface area contributed by atoms with Crippen molar-refractivity contribution in [1.82, 2.24) is 0 Å². The number of para-hydroxylation sites is 2. The average molecular weight is 630 g/mol. The first-order valence-corrected chi connectivity index (χ1v) is 16.5. The van der Waals surface area contributed by atoms with Crippen LogP contribution in [0.4, 0.5) is 17.1 Å². The Labute approximate surface area is 285 Å². The number of benzene rings is 8. The van der Waals surface area contributed by atoms with Crippen molar-refractivity contribution in [2.24, 2.45) is 0 Å². The van der Waals surface area contributed by atoms with Crippen molar-refractivity contribution >= 4 is 27.8 Å². The van der Waals surface area contributed by atoms with Crippen molar-refractivity contribution in [2.45, 2.75) is 0 Å². The van der Waals surface area contributed by atoms with Crippen molar-refractivity contribution in [2.75, 3.05) is 4.90 Å². The molecule has 1 aliphatic heterocycles. The van der Waals surface area contributed by atoms with E-state index in [1.54, 1.807) is 0 Å². The second-order valence-electron chi connectivity index (χ2n) is 12.2. The van der Waals surface area contributed by atoms with Gasteiger partial charge in [0.2, 0.25) is 0 Å². The molecule has 0 N–H and O–H groups in total. The van der Waals surface area contributed by atoms with E-state index in [4.69, 9.17) is 9.47 Å². The standard InChI is InChI=1S/C46H31NO2/c1-3-10-32(11-4-1)34-24-28-39(29-25-34)47(38-14-5-2-6-15-38)40-30-26-35(27-31-40)33-20-22-36(23-21-33)41-16-9-19-44-46(41)49-43-18-8-13-37-12-7-17-42(48-44)45(37)43/h1-31H. The van der Waals surface area contributed by atoms with Gasteiger partial charge in [0, 0.05) is 22.6 Å². The zero-order valence-corrected chi connectivity index (χ0v) is 26.7. The molecule has 0 radical (unpaired) electrons. The van der Waals surface area contributed by atoms with Crippen molar-refractivity contribution < 1.29 is 9.47 Å². The predicted molar refractivity (Wildman–Crippen MR) is 202 cm³/mol. The maximum Gasteiger partial charge on any atom is 0.177 e. The molecule has 0 aromatic heterocycles. The molecule has 232 valence electrons. The van der Waals surface area contributed by atoms with Crippen molar-refractivity contribution in [1.29, 1.82) is 0 Å². The Morgan fingerprint density at radius 2 is 0.755 bits per heavy atom. The molecule has 0 aliphatic carbocycles. The number of anilines is 3. The summed E-state index contributed by atoms with van der Waals surface area (Å²) in [4.78, 5) is 2.30. The Bertz CT molecular complexity index is 2400. The molecule has 0 saturated carbocycles. The Kier molecular flexibility index (Phi) is 7.14. The van der Waals surface area contributed by atoms with Crippen LogP contribution in [0.2, 0.25) is 0 Å². The highest BCUT2D eigenvalue weighted by Gasteiger charge is 2.22. The number of fused-ring (bicyclic) bond motifs is 1. The SMILES string of the molecule is c1ccc(-c2ccc(N(c3ccccc3)c3ccc(-c4ccc(-c5cccc6c5Oc5cccc7cccc(c57)O6)cc4)cc3)cc2)cc1. The minimum absolute atomic E-state index is 0.707. The van der Waals surface area contributed by atoms with Gasteiger partial charge in [0.25, 0.3) is 0 Å². The van der Waals surface area contributed by atoms with Gasteiger partial charge in [0.05, 0.1) is 5.39 Å². The number of ether oxygens (including phenoxy) is 2. The molecule has 1 heterocycles. The van der Waals surface area contributed by atoms with Crippen LogP contribution in [0.25, 0.3) is 44.2 Å². The molecule has 49 heavy (non-hydrogen) atoms. The minimum Gasteiger partial charge on any atom is -0.453 e. The van der Waals surface area contributed by atoms with Crippen LogP contribution in [0.15, 0.2) is 188 Å². The monoisotopic (exact) mass is 629 g/mol. The van der Waals surface area contributed by atoms with Crippen LogP contribution < -0.4 is 14.4 Å². The molecule has 3 heteroatoms. The third-order valence-electron chi connectivity index (χ3n) is 9.14. The Balaban J connectivity index is 1.01. The summed E-state index contributed by atoms with van der Waals surface area (Å²) in [6.45, 7) is 0. The van der Waals surface area contributed by atoms with Crippen molar-refractivity contribution in [3.05, 3.63) is 188 Å². The molecule has 0 bridgehead atoms. The fourth-order valence-electron chi connectivity index (χ4n) is 6.70. The maximum atomic E-state index is 6.58. The summed E-state index contributed by atoms with van der Waals surface area (Å²) in [5, 5.41) is 2.08. The first-order chi connectivity index (χ1) is 24.3. The van der Waals surface area contributed by atoms with Crippen molar-refractivity contribution in [3.8, 4) is 56.4 Å². The zero-order valence-electron chi connectivity index (χ0n) is 26.7. The number of rotatable bonds is 6. The molecule has 0 atom stereocenters. The van der Waals surface area contributed by atoms with E-state index in [9.17, 15) is 0 Å². The molecule has 0 spiro atoms. The van der Waals surface area contributed by atoms with Crippen LogP contribution >= 0.6 is 0 Å². The minimum atomic E-state index is 0.707. The molecule has 8 aromatic carbocycles. The molecule has 1 aliphatic rings. The van der Waals surface area contributed by atoms with E-state index in [1.165, 1.54) is 11.1 Å². The van der Waals surface area contributed by atoms with E-state index in [0.29, 0.717) is 5.75 Å². The van der Waals surface area contributed by atoms with Gasteiger partial charge >= 0.3 is 0 Å². The Morgan fingerprint density at radius 3 is 1.37 bits per heavy atom. The molecule has 9 rings (SSSR count). The van der Waals surface area contributed by atoms with Crippen molar-refractivity contribution in [3.63, 3.8) is 0 Å². The lowest BCUT2D eigenvalue weighted by molar-refractivity contribution is 0.440. The normalized spacial score (nSPS) is 11.6. The zero-order chi connectivity index (χ0) is 32.6. The van der Waals surface area contributed by atoms with Gasteiger partial charge in [0.1, 0.15) is 11.5 Å². The van der Waals surface area contributed by atoms with E-state index in [-0.39, 0.29) is 0 Å². The fourth-order valence-corrected chi connectivity index (χ4v) is 6.70. The lowest BCUT2D eigenvalue weighted by atomic mass is 9.99. The first-order valence-electron chi connectivity index (χ1n) is 16.5. The van der Waals surface area contributed by atoms with Crippen LogP contribution in [-0.4, -0.2) is 0 Å². The number of nitrogens with zero attached hydrogens (tertiary/aromatic N) is 1. The van der Waals surface area contributed by atoms with Gasteiger partial charge in [-0.15, -0.1) is 0 Å². The first kappa shape index (κ1) is 28.6. The van der Waals surface area contributed by atoms with Gasteiger partial charge in [-0.2, -0.15) is 0 Å². The third kappa shape index (κ3) is 5.38. The van der Waals surface area contributed by atoms with Crippen LogP contribution in [0.1, 0.15) is 0 Å². The lowest BCUT2D eigenvalue weighted by Crippen LogP contribution is -2.09. The molecular formula is C46H31NO2. The summed E-state index contributed by atoms with van der Waals surface area (Å²) in [6.07, 6.45) is 0. The van der Waals surface area contributed by atoms with Gasteiger partial charge in [-0.05, 0) is 87.8 Å². The van der Waals surface area contributed by atoms with Gasteiger partial charge in [0.15, 0.2) is 11.5 Å². The summed E-state index contributed by atoms with van der Waals surface area (Å²) in [5.74, 6) is 3.03. The summed E-state index contributed by atoms with van der Waals surface area (Å²) in [6, 6.07) is 65.5. The number of hydrogen-bond donors (Lipinski definition) is 0. The fraction of sp³-hybridized carbons (Fsp3) is 0. The molecule has 8 aromatic rings. The molecule has 0 amide bonds. The van der Waals surface area contributed by atoms with Gasteiger partial charge in [-0.25, -0.2) is 0 Å². The van der Waals surface area contributed by atoms with Crippen LogP contribution in [0.3, 0.4) is 0 Å². The highest BCUT2D eigenvalue weighted by atomic mass is 16.5. The van der Waals surface area contributed by atoms with Gasteiger partial charge < -0.3 is 14.4 Å². The summed E-state index contributed by atoms with van der Waals surface area (Å²) in [7, 11) is 0. The second-order valence-corrected chi connectivity index (χ2v) is 12.2. The molecule has 0 saturated heterocycles. The highest BCUT2D eigenvalue weighted by molar-refractivity contribution is 5.95. The number of hydrogen-bond acceptors (Lipinski definition) is 3. The van der Waals surface area contributed by atoms with Crippen LogP contribution in [-0.2, 0) is 0 Å². The van der Waals surface area contributed by atoms with E-state index in [1.807, 2.05) is 42.5 Å². The molecule has 0 fully saturated rings. The highest BCUT2D eigenvalue weighted by Crippen LogP contribution is 2.49. The van der Waals surface area contributed by atoms with E-state index in [0.717, 1.165) is 67.3 Å². The van der Waals surface area contributed by atoms with Gasteiger partial charge in [-0.3, -0.25) is 0 Å². The van der Waals surface area contributed by atoms with Gasteiger partial charge in [-0.1, -0.05) is 133 Å². The topological polar surface area (TPSA) is 21.7 Å². The smallest absolute Gasteiger partial charge is 0.177 e. The largest absolute Gasteiger partial charge is 0.453 e. The average Bonchev–Trinajstić information content (AvgIpc) is 3.34. The van der Waals surface area contributed by atoms with E-state index in [2.05, 4.69) is 150 Å².